The summed E-state index contributed by atoms with van der Waals surface area (Å²) >= 11 is 1.73. The minimum absolute atomic E-state index is 0.0609. The Hall–Kier alpha value is -1.69. The van der Waals surface area contributed by atoms with Crippen molar-refractivity contribution in [3.8, 4) is 0 Å². The lowest BCUT2D eigenvalue weighted by Gasteiger charge is -2.35. The molecule has 1 N–H and O–H groups in total. The van der Waals surface area contributed by atoms with E-state index >= 15 is 0 Å². The van der Waals surface area contributed by atoms with Gasteiger partial charge in [0.05, 0.1) is 11.5 Å². The maximum Gasteiger partial charge on any atom is 0.330 e. The summed E-state index contributed by atoms with van der Waals surface area (Å²) in [5, 5.41) is 3.07. The molecule has 0 aromatic heterocycles. The van der Waals surface area contributed by atoms with E-state index in [0.29, 0.717) is 18.2 Å². The number of urea groups is 1. The lowest BCUT2D eigenvalue weighted by atomic mass is 9.88. The molecule has 1 aliphatic heterocycles. The molecule has 0 spiro atoms. The fourth-order valence-corrected chi connectivity index (χ4v) is 5.55. The average Bonchev–Trinajstić information content (AvgIpc) is 3.12. The highest BCUT2D eigenvalue weighted by atomic mass is 32.2. The highest BCUT2D eigenvalue weighted by Crippen LogP contribution is 2.40. The predicted octanol–water partition coefficient (Wildman–Crippen LogP) is 4.17. The van der Waals surface area contributed by atoms with E-state index in [-0.39, 0.29) is 23.5 Å². The van der Waals surface area contributed by atoms with Crippen LogP contribution in [0.1, 0.15) is 51.5 Å². The second-order valence-electron chi connectivity index (χ2n) is 7.68. The van der Waals surface area contributed by atoms with Gasteiger partial charge >= 0.3 is 12.0 Å². The summed E-state index contributed by atoms with van der Waals surface area (Å²) in [5.74, 6) is 0.791. The summed E-state index contributed by atoms with van der Waals surface area (Å²) in [7, 11) is 0. The van der Waals surface area contributed by atoms with Gasteiger partial charge in [0.2, 0.25) is 0 Å². The molecule has 0 radical (unpaired) electrons. The van der Waals surface area contributed by atoms with Crippen molar-refractivity contribution >= 4 is 23.8 Å². The number of ether oxygens (including phenoxy) is 1. The Kier molecular flexibility index (Phi) is 7.05. The quantitative estimate of drug-likeness (QED) is 0.767. The lowest BCUT2D eigenvalue weighted by molar-refractivity contribution is -0.152. The van der Waals surface area contributed by atoms with Crippen LogP contribution in [-0.4, -0.2) is 40.2 Å². The molecule has 148 valence electrons. The van der Waals surface area contributed by atoms with Crippen molar-refractivity contribution in [1.29, 1.82) is 0 Å². The number of carbonyl (C=O) groups excluding carboxylic acids is 2. The van der Waals surface area contributed by atoms with Gasteiger partial charge in [0.15, 0.2) is 0 Å². The number of rotatable bonds is 5. The Balaban J connectivity index is 1.72. The number of nitrogens with one attached hydrogen (secondary N) is 1. The first-order valence-corrected chi connectivity index (χ1v) is 11.0. The molecule has 3 rings (SSSR count). The summed E-state index contributed by atoms with van der Waals surface area (Å²) < 4.78 is 5.44. The summed E-state index contributed by atoms with van der Waals surface area (Å²) in [6.07, 6.45) is 5.78. The van der Waals surface area contributed by atoms with Gasteiger partial charge in [-0.3, -0.25) is 4.90 Å². The van der Waals surface area contributed by atoms with Crippen LogP contribution in [0.25, 0.3) is 0 Å². The second-order valence-corrected chi connectivity index (χ2v) is 8.82. The van der Waals surface area contributed by atoms with Gasteiger partial charge in [-0.2, -0.15) is 0 Å². The van der Waals surface area contributed by atoms with Crippen LogP contribution in [0.4, 0.5) is 4.79 Å². The molecule has 1 saturated carbocycles. The van der Waals surface area contributed by atoms with E-state index in [1.807, 2.05) is 44.2 Å². The predicted molar refractivity (Wildman–Crippen MR) is 108 cm³/mol. The van der Waals surface area contributed by atoms with Crippen molar-refractivity contribution in [2.24, 2.45) is 5.92 Å². The van der Waals surface area contributed by atoms with Gasteiger partial charge in [0, 0.05) is 12.3 Å². The first-order chi connectivity index (χ1) is 13.1. The van der Waals surface area contributed by atoms with Crippen molar-refractivity contribution in [2.75, 3.05) is 5.75 Å². The molecule has 1 aliphatic carbocycles. The molecule has 1 aromatic carbocycles. The number of carbonyl (C=O) groups is 2. The number of hydrogen-bond acceptors (Lipinski definition) is 4. The third kappa shape index (κ3) is 5.18. The lowest BCUT2D eigenvalue weighted by Crippen LogP contribution is -2.52. The van der Waals surface area contributed by atoms with Gasteiger partial charge in [-0.1, -0.05) is 49.6 Å². The second kappa shape index (κ2) is 9.49. The fraction of sp³-hybridized carbons (Fsp3) is 0.619. The average molecular weight is 391 g/mol. The van der Waals surface area contributed by atoms with Crippen LogP contribution in [0.15, 0.2) is 30.3 Å². The van der Waals surface area contributed by atoms with E-state index in [1.54, 1.807) is 16.7 Å². The van der Waals surface area contributed by atoms with E-state index in [1.165, 1.54) is 19.3 Å². The molecule has 2 atom stereocenters. The molecule has 2 aliphatic rings. The van der Waals surface area contributed by atoms with Crippen LogP contribution < -0.4 is 5.32 Å². The van der Waals surface area contributed by atoms with Gasteiger partial charge in [0.25, 0.3) is 0 Å². The van der Waals surface area contributed by atoms with Crippen LogP contribution in [0.3, 0.4) is 0 Å². The molecule has 2 amide bonds. The molecule has 1 heterocycles. The maximum absolute atomic E-state index is 13.1. The van der Waals surface area contributed by atoms with Crippen molar-refractivity contribution in [1.82, 2.24) is 10.2 Å². The minimum Gasteiger partial charge on any atom is -0.461 e. The Labute approximate surface area is 166 Å². The van der Waals surface area contributed by atoms with E-state index in [0.717, 1.165) is 18.4 Å². The molecule has 1 saturated heterocycles. The number of nitrogens with zero attached hydrogens (tertiary/aromatic N) is 1. The van der Waals surface area contributed by atoms with E-state index < -0.39 is 6.04 Å². The molecule has 1 aromatic rings. The number of thioether (sulfide) groups is 1. The van der Waals surface area contributed by atoms with Crippen LogP contribution in [0.5, 0.6) is 0 Å². The van der Waals surface area contributed by atoms with Gasteiger partial charge in [-0.05, 0) is 38.2 Å². The summed E-state index contributed by atoms with van der Waals surface area (Å²) in [4.78, 5) is 27.5. The Morgan fingerprint density at radius 2 is 1.89 bits per heavy atom. The summed E-state index contributed by atoms with van der Waals surface area (Å²) in [6.45, 7) is 4.15. The Morgan fingerprint density at radius 3 is 2.56 bits per heavy atom. The first kappa shape index (κ1) is 20.1. The zero-order valence-corrected chi connectivity index (χ0v) is 17.0. The number of amides is 2. The molecule has 6 heteroatoms. The fourth-order valence-electron chi connectivity index (χ4n) is 3.92. The van der Waals surface area contributed by atoms with Gasteiger partial charge in [0.1, 0.15) is 6.04 Å². The van der Waals surface area contributed by atoms with Crippen molar-refractivity contribution in [2.45, 2.75) is 70.0 Å². The summed E-state index contributed by atoms with van der Waals surface area (Å²) in [5.41, 5.74) is 1.05. The van der Waals surface area contributed by atoms with Crippen molar-refractivity contribution < 1.29 is 14.3 Å². The topological polar surface area (TPSA) is 58.6 Å². The number of benzene rings is 1. The zero-order valence-electron chi connectivity index (χ0n) is 16.2. The highest BCUT2D eigenvalue weighted by Gasteiger charge is 2.45. The summed E-state index contributed by atoms with van der Waals surface area (Å²) in [6, 6.07) is 9.19. The Morgan fingerprint density at radius 1 is 1.19 bits per heavy atom. The van der Waals surface area contributed by atoms with Gasteiger partial charge in [-0.25, -0.2) is 9.59 Å². The molecule has 0 bridgehead atoms. The van der Waals surface area contributed by atoms with Crippen LogP contribution >= 0.6 is 11.8 Å². The molecule has 27 heavy (non-hydrogen) atoms. The molecular formula is C21H30N2O3S. The van der Waals surface area contributed by atoms with Gasteiger partial charge < -0.3 is 10.1 Å². The third-order valence-electron chi connectivity index (χ3n) is 5.23. The molecule has 5 nitrogen and oxygen atoms in total. The first-order valence-electron chi connectivity index (χ1n) is 9.98. The van der Waals surface area contributed by atoms with E-state index in [9.17, 15) is 9.59 Å². The molecule has 2 fully saturated rings. The number of hydrogen-bond donors (Lipinski definition) is 1. The molecule has 2 unspecified atom stereocenters. The largest absolute Gasteiger partial charge is 0.461 e. The monoisotopic (exact) mass is 390 g/mol. The third-order valence-corrected chi connectivity index (χ3v) is 6.69. The number of esters is 1. The SMILES string of the molecule is CC(C)OC(=O)C1CSC(C2CCCCC2)N1C(=O)NCc1ccccc1. The molecular weight excluding hydrogens is 360 g/mol. The van der Waals surface area contributed by atoms with Crippen LogP contribution in [0.2, 0.25) is 0 Å². The van der Waals surface area contributed by atoms with Crippen molar-refractivity contribution in [3.05, 3.63) is 35.9 Å². The van der Waals surface area contributed by atoms with E-state index in [2.05, 4.69) is 5.32 Å². The Bertz CT molecular complexity index is 632. The zero-order chi connectivity index (χ0) is 19.2. The maximum atomic E-state index is 13.1. The van der Waals surface area contributed by atoms with Crippen LogP contribution in [0, 0.1) is 5.92 Å². The van der Waals surface area contributed by atoms with Crippen LogP contribution in [-0.2, 0) is 16.1 Å². The standard InChI is InChI=1S/C21H30N2O3S/c1-15(2)26-20(24)18-14-27-19(17-11-7-4-8-12-17)23(18)21(25)22-13-16-9-5-3-6-10-16/h3,5-6,9-10,15,17-19H,4,7-8,11-14H2,1-2H3,(H,22,25). The highest BCUT2D eigenvalue weighted by molar-refractivity contribution is 8.00. The minimum atomic E-state index is -0.500. The van der Waals surface area contributed by atoms with Crippen molar-refractivity contribution in [3.63, 3.8) is 0 Å². The van der Waals surface area contributed by atoms with E-state index in [4.69, 9.17) is 4.74 Å². The van der Waals surface area contributed by atoms with Gasteiger partial charge in [-0.15, -0.1) is 11.8 Å². The smallest absolute Gasteiger partial charge is 0.330 e. The normalized spacial score (nSPS) is 23.4.